The van der Waals surface area contributed by atoms with Crippen molar-refractivity contribution in [3.05, 3.63) is 132 Å². The molecule has 0 aromatic heterocycles. The van der Waals surface area contributed by atoms with Crippen LogP contribution in [0.25, 0.3) is 0 Å². The monoisotopic (exact) mass is 615 g/mol. The largest absolute Gasteiger partial charge is 0.350 e. The summed E-state index contributed by atoms with van der Waals surface area (Å²) in [5, 5.41) is 2.99. The van der Waals surface area contributed by atoms with E-state index in [1.807, 2.05) is 88.4 Å². The van der Waals surface area contributed by atoms with Crippen molar-refractivity contribution in [1.82, 2.24) is 10.2 Å². The van der Waals surface area contributed by atoms with Gasteiger partial charge in [0, 0.05) is 18.5 Å². The Morgan fingerprint density at radius 2 is 1.34 bits per heavy atom. The summed E-state index contributed by atoms with van der Waals surface area (Å²) in [6.45, 7) is 6.68. The maximum atomic E-state index is 15.2. The Morgan fingerprint density at radius 1 is 0.795 bits per heavy atom. The quantitative estimate of drug-likeness (QED) is 0.228. The highest BCUT2D eigenvalue weighted by Gasteiger charge is 2.36. The second kappa shape index (κ2) is 13.9. The first-order chi connectivity index (χ1) is 20.8. The minimum Gasteiger partial charge on any atom is -0.350 e. The highest BCUT2D eigenvalue weighted by molar-refractivity contribution is 7.92. The van der Waals surface area contributed by atoms with E-state index in [0.29, 0.717) is 0 Å². The number of benzene rings is 4. The molecule has 0 fully saturated rings. The van der Waals surface area contributed by atoms with Crippen LogP contribution >= 0.6 is 0 Å². The smallest absolute Gasteiger partial charge is 0.264 e. The third-order valence-electron chi connectivity index (χ3n) is 6.97. The van der Waals surface area contributed by atoms with E-state index >= 15 is 4.39 Å². The van der Waals surface area contributed by atoms with E-state index in [9.17, 15) is 18.0 Å². The molecule has 1 N–H and O–H groups in total. The van der Waals surface area contributed by atoms with Crippen LogP contribution in [0, 0.1) is 12.7 Å². The molecule has 0 aliphatic carbocycles. The lowest BCUT2D eigenvalue weighted by atomic mass is 10.0. The molecule has 0 saturated carbocycles. The van der Waals surface area contributed by atoms with Gasteiger partial charge in [0.2, 0.25) is 11.8 Å². The van der Waals surface area contributed by atoms with E-state index in [2.05, 4.69) is 5.32 Å². The normalized spacial score (nSPS) is 12.3. The predicted molar refractivity (Wildman–Crippen MR) is 171 cm³/mol. The molecule has 1 atom stereocenters. The van der Waals surface area contributed by atoms with Crippen LogP contribution in [0.15, 0.2) is 114 Å². The molecule has 0 unspecified atom stereocenters. The van der Waals surface area contributed by atoms with Gasteiger partial charge in [0.05, 0.1) is 10.6 Å². The minimum absolute atomic E-state index is 0.0322. The van der Waals surface area contributed by atoms with Crippen molar-refractivity contribution in [2.75, 3.05) is 10.8 Å². The molecule has 230 valence electrons. The van der Waals surface area contributed by atoms with Gasteiger partial charge < -0.3 is 10.2 Å². The topological polar surface area (TPSA) is 86.8 Å². The van der Waals surface area contributed by atoms with Crippen molar-refractivity contribution in [3.8, 4) is 0 Å². The van der Waals surface area contributed by atoms with Crippen LogP contribution in [-0.2, 0) is 32.6 Å². The number of nitrogens with one attached hydrogen (secondary N) is 1. The van der Waals surface area contributed by atoms with Gasteiger partial charge in [-0.3, -0.25) is 13.9 Å². The van der Waals surface area contributed by atoms with Crippen LogP contribution in [0.2, 0.25) is 0 Å². The van der Waals surface area contributed by atoms with Crippen molar-refractivity contribution in [1.29, 1.82) is 0 Å². The number of anilines is 1. The van der Waals surface area contributed by atoms with Crippen LogP contribution in [-0.4, -0.2) is 43.3 Å². The van der Waals surface area contributed by atoms with Crippen LogP contribution in [0.3, 0.4) is 0 Å². The number of carbonyl (C=O) groups excluding carboxylic acids is 2. The summed E-state index contributed by atoms with van der Waals surface area (Å²) in [5.41, 5.74) is 1.56. The molecule has 0 aliphatic rings. The SMILES string of the molecule is Cc1ccc(S(=O)(=O)N(CC(=O)N(Cc2ccccc2)[C@H](Cc2ccccc2)C(=O)NC(C)(C)C)c2ccccc2F)cc1. The van der Waals surface area contributed by atoms with Gasteiger partial charge in [-0.15, -0.1) is 0 Å². The van der Waals surface area contributed by atoms with Crippen molar-refractivity contribution in [2.45, 2.75) is 57.1 Å². The van der Waals surface area contributed by atoms with Crippen LogP contribution in [0.5, 0.6) is 0 Å². The number of sulfonamides is 1. The lowest BCUT2D eigenvalue weighted by Crippen LogP contribution is -2.56. The van der Waals surface area contributed by atoms with Gasteiger partial charge in [-0.25, -0.2) is 12.8 Å². The zero-order valence-corrected chi connectivity index (χ0v) is 26.2. The molecule has 4 aromatic carbocycles. The van der Waals surface area contributed by atoms with Gasteiger partial charge in [-0.2, -0.15) is 0 Å². The number of hydrogen-bond donors (Lipinski definition) is 1. The number of halogens is 1. The summed E-state index contributed by atoms with van der Waals surface area (Å²) >= 11 is 0. The average molecular weight is 616 g/mol. The molecule has 0 heterocycles. The fraction of sp³-hybridized carbons (Fsp3) is 0.257. The van der Waals surface area contributed by atoms with Gasteiger partial charge in [0.15, 0.2) is 0 Å². The number of rotatable bonds is 11. The summed E-state index contributed by atoms with van der Waals surface area (Å²) < 4.78 is 44.0. The summed E-state index contributed by atoms with van der Waals surface area (Å²) in [7, 11) is -4.38. The molecular weight excluding hydrogens is 577 g/mol. The maximum absolute atomic E-state index is 15.2. The Balaban J connectivity index is 1.81. The number of amides is 2. The predicted octanol–water partition coefficient (Wildman–Crippen LogP) is 5.88. The van der Waals surface area contributed by atoms with Crippen molar-refractivity contribution < 1.29 is 22.4 Å². The van der Waals surface area contributed by atoms with E-state index in [1.165, 1.54) is 35.2 Å². The molecule has 0 saturated heterocycles. The lowest BCUT2D eigenvalue weighted by molar-refractivity contribution is -0.140. The lowest BCUT2D eigenvalue weighted by Gasteiger charge is -2.35. The molecule has 2 amide bonds. The van der Waals surface area contributed by atoms with Gasteiger partial charge in [0.25, 0.3) is 10.0 Å². The molecule has 0 bridgehead atoms. The van der Waals surface area contributed by atoms with Gasteiger partial charge in [-0.05, 0) is 63.1 Å². The average Bonchev–Trinajstić information content (AvgIpc) is 2.98. The second-order valence-corrected chi connectivity index (χ2v) is 13.6. The zero-order chi connectivity index (χ0) is 31.9. The molecule has 4 rings (SSSR count). The van der Waals surface area contributed by atoms with Gasteiger partial charge in [0.1, 0.15) is 18.4 Å². The zero-order valence-electron chi connectivity index (χ0n) is 25.4. The van der Waals surface area contributed by atoms with E-state index in [4.69, 9.17) is 0 Å². The number of hydrogen-bond acceptors (Lipinski definition) is 4. The van der Waals surface area contributed by atoms with Gasteiger partial charge in [-0.1, -0.05) is 90.5 Å². The molecule has 0 aliphatic heterocycles. The second-order valence-electron chi connectivity index (χ2n) is 11.7. The Bertz CT molecular complexity index is 1670. The summed E-state index contributed by atoms with van der Waals surface area (Å²) in [6.07, 6.45) is 0.186. The molecule has 44 heavy (non-hydrogen) atoms. The Kier molecular flexibility index (Phi) is 10.2. The molecule has 7 nitrogen and oxygen atoms in total. The molecule has 4 aromatic rings. The fourth-order valence-electron chi connectivity index (χ4n) is 4.79. The molecule has 9 heteroatoms. The minimum atomic E-state index is -4.38. The van der Waals surface area contributed by atoms with E-state index < -0.39 is 39.9 Å². The Hall–Kier alpha value is -4.50. The molecular formula is C35H38FN3O4S. The third-order valence-corrected chi connectivity index (χ3v) is 8.75. The molecule has 0 spiro atoms. The van der Waals surface area contributed by atoms with E-state index in [1.54, 1.807) is 12.1 Å². The fourth-order valence-corrected chi connectivity index (χ4v) is 6.21. The Morgan fingerprint density at radius 3 is 1.91 bits per heavy atom. The van der Waals surface area contributed by atoms with Crippen LogP contribution < -0.4 is 9.62 Å². The number of aryl methyl sites for hydroxylation is 1. The standard InChI is InChI=1S/C35H38FN3O4S/c1-26-19-21-29(22-20-26)44(42,43)39(31-18-12-11-17-30(31)36)25-33(40)38(24-28-15-9-6-10-16-28)32(34(41)37-35(2,3)4)23-27-13-7-5-8-14-27/h5-22,32H,23-25H2,1-4H3,(H,37,41)/t32-/m1/s1. The van der Waals surface area contributed by atoms with Crippen molar-refractivity contribution in [3.63, 3.8) is 0 Å². The number of nitrogens with zero attached hydrogens (tertiary/aromatic N) is 2. The molecule has 0 radical (unpaired) electrons. The third kappa shape index (κ3) is 8.32. The van der Waals surface area contributed by atoms with Crippen molar-refractivity contribution in [2.24, 2.45) is 0 Å². The first-order valence-corrected chi connectivity index (χ1v) is 15.8. The first kappa shape index (κ1) is 32.4. The summed E-state index contributed by atoms with van der Waals surface area (Å²) in [6, 6.07) is 29.1. The summed E-state index contributed by atoms with van der Waals surface area (Å²) in [4.78, 5) is 29.6. The highest BCUT2D eigenvalue weighted by Crippen LogP contribution is 2.27. The maximum Gasteiger partial charge on any atom is 0.264 e. The number of para-hydroxylation sites is 1. The van der Waals surface area contributed by atoms with Crippen molar-refractivity contribution >= 4 is 27.5 Å². The Labute approximate surface area is 259 Å². The highest BCUT2D eigenvalue weighted by atomic mass is 32.2. The van der Waals surface area contributed by atoms with Crippen LogP contribution in [0.4, 0.5) is 10.1 Å². The van der Waals surface area contributed by atoms with E-state index in [-0.39, 0.29) is 29.5 Å². The first-order valence-electron chi connectivity index (χ1n) is 14.4. The van der Waals surface area contributed by atoms with Gasteiger partial charge >= 0.3 is 0 Å². The summed E-state index contributed by atoms with van der Waals surface area (Å²) in [5.74, 6) is -1.83. The number of carbonyl (C=O) groups is 2. The van der Waals surface area contributed by atoms with Crippen LogP contribution in [0.1, 0.15) is 37.5 Å². The van der Waals surface area contributed by atoms with E-state index in [0.717, 1.165) is 27.1 Å².